The first kappa shape index (κ1) is 14.9. The van der Waals surface area contributed by atoms with Crippen molar-refractivity contribution in [3.05, 3.63) is 0 Å². The molecule has 0 bridgehead atoms. The lowest BCUT2D eigenvalue weighted by molar-refractivity contribution is 0.268. The zero-order valence-corrected chi connectivity index (χ0v) is 11.7. The molecule has 1 aliphatic heterocycles. The zero-order chi connectivity index (χ0) is 12.7. The number of nitrogens with zero attached hydrogens (tertiary/aromatic N) is 1. The van der Waals surface area contributed by atoms with E-state index in [-0.39, 0.29) is 5.75 Å². The average Bonchev–Trinajstić information content (AvgIpc) is 2.74. The standard InChI is InChI=1S/C11H25N3O2S/c1-3-12-7-9-17(15,16)13-10-11-6-5-8-14(11)4-2/h11-13H,3-10H2,1-2H3. The van der Waals surface area contributed by atoms with Gasteiger partial charge in [0.2, 0.25) is 10.0 Å². The number of sulfonamides is 1. The maximum atomic E-state index is 11.7. The summed E-state index contributed by atoms with van der Waals surface area (Å²) >= 11 is 0. The van der Waals surface area contributed by atoms with Gasteiger partial charge in [0.15, 0.2) is 0 Å². The van der Waals surface area contributed by atoms with Gasteiger partial charge in [0.25, 0.3) is 0 Å². The van der Waals surface area contributed by atoms with E-state index in [1.807, 2.05) is 6.92 Å². The summed E-state index contributed by atoms with van der Waals surface area (Å²) in [6.07, 6.45) is 2.28. The van der Waals surface area contributed by atoms with Crippen LogP contribution in [0, 0.1) is 0 Å². The van der Waals surface area contributed by atoms with Crippen molar-refractivity contribution in [1.82, 2.24) is 14.9 Å². The number of hydrogen-bond acceptors (Lipinski definition) is 4. The summed E-state index contributed by atoms with van der Waals surface area (Å²) in [6, 6.07) is 0.383. The van der Waals surface area contributed by atoms with Gasteiger partial charge in [-0.05, 0) is 32.5 Å². The largest absolute Gasteiger partial charge is 0.316 e. The molecule has 0 aromatic heterocycles. The fraction of sp³-hybridized carbons (Fsp3) is 1.00. The van der Waals surface area contributed by atoms with E-state index in [0.717, 1.165) is 26.1 Å². The highest BCUT2D eigenvalue weighted by Gasteiger charge is 2.24. The monoisotopic (exact) mass is 263 g/mol. The Labute approximate surface area is 105 Å². The quantitative estimate of drug-likeness (QED) is 0.605. The van der Waals surface area contributed by atoms with Crippen LogP contribution >= 0.6 is 0 Å². The summed E-state index contributed by atoms with van der Waals surface area (Å²) < 4.78 is 26.1. The third-order valence-electron chi connectivity index (χ3n) is 3.24. The highest BCUT2D eigenvalue weighted by molar-refractivity contribution is 7.89. The molecule has 0 radical (unpaired) electrons. The molecule has 1 heterocycles. The SMILES string of the molecule is CCNCCS(=O)(=O)NCC1CCCN1CC. The third kappa shape index (κ3) is 5.33. The summed E-state index contributed by atoms with van der Waals surface area (Å²) in [5, 5.41) is 3.02. The topological polar surface area (TPSA) is 61.4 Å². The molecule has 1 atom stereocenters. The van der Waals surface area contributed by atoms with Crippen molar-refractivity contribution in [1.29, 1.82) is 0 Å². The Morgan fingerprint density at radius 2 is 2.12 bits per heavy atom. The van der Waals surface area contributed by atoms with Gasteiger partial charge in [-0.15, -0.1) is 0 Å². The van der Waals surface area contributed by atoms with E-state index >= 15 is 0 Å². The zero-order valence-electron chi connectivity index (χ0n) is 10.9. The molecule has 0 aromatic rings. The Morgan fingerprint density at radius 3 is 2.76 bits per heavy atom. The molecule has 0 aromatic carbocycles. The first-order valence-corrected chi connectivity index (χ1v) is 8.16. The third-order valence-corrected chi connectivity index (χ3v) is 4.59. The molecule has 1 rings (SSSR count). The van der Waals surface area contributed by atoms with Crippen LogP contribution < -0.4 is 10.0 Å². The molecular weight excluding hydrogens is 238 g/mol. The van der Waals surface area contributed by atoms with E-state index in [1.54, 1.807) is 0 Å². The molecule has 0 amide bonds. The van der Waals surface area contributed by atoms with Crippen molar-refractivity contribution in [3.63, 3.8) is 0 Å². The molecule has 5 nitrogen and oxygen atoms in total. The van der Waals surface area contributed by atoms with Crippen molar-refractivity contribution < 1.29 is 8.42 Å². The Hall–Kier alpha value is -0.170. The first-order valence-electron chi connectivity index (χ1n) is 6.51. The van der Waals surface area contributed by atoms with Crippen molar-refractivity contribution in [2.75, 3.05) is 38.5 Å². The molecule has 0 spiro atoms. The van der Waals surface area contributed by atoms with Crippen molar-refractivity contribution in [2.24, 2.45) is 0 Å². The molecule has 1 fully saturated rings. The summed E-state index contributed by atoms with van der Waals surface area (Å²) in [6.45, 7) is 8.08. The molecule has 2 N–H and O–H groups in total. The van der Waals surface area contributed by atoms with Crippen LogP contribution in [0.5, 0.6) is 0 Å². The van der Waals surface area contributed by atoms with Gasteiger partial charge < -0.3 is 5.32 Å². The molecule has 0 saturated carbocycles. The van der Waals surface area contributed by atoms with Gasteiger partial charge in [-0.2, -0.15) is 0 Å². The maximum absolute atomic E-state index is 11.7. The molecule has 1 saturated heterocycles. The lowest BCUT2D eigenvalue weighted by Crippen LogP contribution is -2.41. The van der Waals surface area contributed by atoms with Crippen LogP contribution in [0.4, 0.5) is 0 Å². The average molecular weight is 263 g/mol. The summed E-state index contributed by atoms with van der Waals surface area (Å²) in [4.78, 5) is 2.34. The molecule has 102 valence electrons. The summed E-state index contributed by atoms with van der Waals surface area (Å²) in [5.41, 5.74) is 0. The molecular formula is C11H25N3O2S. The van der Waals surface area contributed by atoms with Crippen molar-refractivity contribution in [3.8, 4) is 0 Å². The number of likely N-dealkylation sites (tertiary alicyclic amines) is 1. The number of rotatable bonds is 8. The summed E-state index contributed by atoms with van der Waals surface area (Å²) in [7, 11) is -3.11. The van der Waals surface area contributed by atoms with Crippen LogP contribution in [-0.4, -0.2) is 57.8 Å². The normalized spacial score (nSPS) is 22.1. The molecule has 0 aliphatic carbocycles. The lowest BCUT2D eigenvalue weighted by atomic mass is 10.2. The maximum Gasteiger partial charge on any atom is 0.212 e. The van der Waals surface area contributed by atoms with Gasteiger partial charge in [-0.1, -0.05) is 13.8 Å². The van der Waals surface area contributed by atoms with Gasteiger partial charge >= 0.3 is 0 Å². The number of hydrogen-bond donors (Lipinski definition) is 2. The Bertz CT molecular complexity index is 306. The van der Waals surface area contributed by atoms with Crippen LogP contribution in [0.1, 0.15) is 26.7 Å². The minimum atomic E-state index is -3.11. The van der Waals surface area contributed by atoms with E-state index in [9.17, 15) is 8.42 Å². The second-order valence-electron chi connectivity index (χ2n) is 4.45. The van der Waals surface area contributed by atoms with Gasteiger partial charge in [-0.3, -0.25) is 4.90 Å². The fourth-order valence-electron chi connectivity index (χ4n) is 2.22. The Morgan fingerprint density at radius 1 is 1.35 bits per heavy atom. The smallest absolute Gasteiger partial charge is 0.212 e. The second-order valence-corrected chi connectivity index (χ2v) is 6.37. The van der Waals surface area contributed by atoms with Gasteiger partial charge in [0.05, 0.1) is 5.75 Å². The predicted octanol–water partition coefficient (Wildman–Crippen LogP) is -0.000400. The molecule has 6 heteroatoms. The minimum absolute atomic E-state index is 0.166. The van der Waals surface area contributed by atoms with Crippen molar-refractivity contribution in [2.45, 2.75) is 32.7 Å². The lowest BCUT2D eigenvalue weighted by Gasteiger charge is -2.22. The first-order chi connectivity index (χ1) is 8.09. The van der Waals surface area contributed by atoms with Gasteiger partial charge in [0, 0.05) is 19.1 Å². The summed E-state index contributed by atoms with van der Waals surface area (Å²) in [5.74, 6) is 0.166. The Kier molecular flexibility index (Phi) is 6.40. The molecule has 17 heavy (non-hydrogen) atoms. The number of likely N-dealkylation sites (N-methyl/N-ethyl adjacent to an activating group) is 1. The highest BCUT2D eigenvalue weighted by atomic mass is 32.2. The van der Waals surface area contributed by atoms with Crippen LogP contribution in [0.15, 0.2) is 0 Å². The van der Waals surface area contributed by atoms with Gasteiger partial charge in [-0.25, -0.2) is 13.1 Å². The van der Waals surface area contributed by atoms with Crippen molar-refractivity contribution >= 4 is 10.0 Å². The van der Waals surface area contributed by atoms with E-state index in [1.165, 1.54) is 6.42 Å². The van der Waals surface area contributed by atoms with Gasteiger partial charge in [0.1, 0.15) is 0 Å². The van der Waals surface area contributed by atoms with E-state index in [4.69, 9.17) is 0 Å². The van der Waals surface area contributed by atoms with E-state index < -0.39 is 10.0 Å². The van der Waals surface area contributed by atoms with E-state index in [2.05, 4.69) is 21.9 Å². The molecule has 1 unspecified atom stereocenters. The molecule has 1 aliphatic rings. The fourth-order valence-corrected chi connectivity index (χ4v) is 3.22. The van der Waals surface area contributed by atoms with Crippen LogP contribution in [0.25, 0.3) is 0 Å². The van der Waals surface area contributed by atoms with Crippen LogP contribution in [0.3, 0.4) is 0 Å². The predicted molar refractivity (Wildman–Crippen MR) is 70.6 cm³/mol. The van der Waals surface area contributed by atoms with E-state index in [0.29, 0.717) is 19.1 Å². The number of nitrogens with one attached hydrogen (secondary N) is 2. The second kappa shape index (κ2) is 7.31. The van der Waals surface area contributed by atoms with Crippen LogP contribution in [0.2, 0.25) is 0 Å². The highest BCUT2D eigenvalue weighted by Crippen LogP contribution is 2.15. The van der Waals surface area contributed by atoms with Crippen LogP contribution in [-0.2, 0) is 10.0 Å². The Balaban J connectivity index is 2.28. The minimum Gasteiger partial charge on any atom is -0.316 e.